The van der Waals surface area contributed by atoms with Crippen LogP contribution >= 0.6 is 0 Å². The third kappa shape index (κ3) is 4.94. The number of piperazine rings is 1. The first kappa shape index (κ1) is 24.9. The average Bonchev–Trinajstić information content (AvgIpc) is 3.25. The number of hydrogen-bond acceptors (Lipinski definition) is 6. The first-order valence-corrected chi connectivity index (χ1v) is 12.9. The number of carbonyl (C=O) groups excluding carboxylic acids is 3. The van der Waals surface area contributed by atoms with E-state index in [1.54, 1.807) is 23.0 Å². The molecule has 186 valence electrons. The Morgan fingerprint density at radius 3 is 2.26 bits per heavy atom. The van der Waals surface area contributed by atoms with Gasteiger partial charge in [-0.3, -0.25) is 14.4 Å². The number of nitrogens with zero attached hydrogens (tertiary/aromatic N) is 3. The Morgan fingerprint density at radius 2 is 1.66 bits per heavy atom. The van der Waals surface area contributed by atoms with Gasteiger partial charge in [0.2, 0.25) is 21.8 Å². The molecule has 2 aliphatic rings. The second-order valence-electron chi connectivity index (χ2n) is 8.89. The summed E-state index contributed by atoms with van der Waals surface area (Å²) in [7, 11) is -2.19. The summed E-state index contributed by atoms with van der Waals surface area (Å²) in [5, 5.41) is 0. The first-order valence-electron chi connectivity index (χ1n) is 11.5. The standard InChI is InChI=1S/C25H29N3O6S/c1-17-4-9-23(34-3)22(14-17)28-16-20(15-24(28)30)25(31)26-10-12-27(13-11-26)35(32,33)21-7-5-19(6-8-21)18(2)29/h4-9,14,20H,10-13,15-16H2,1-3H3. The summed E-state index contributed by atoms with van der Waals surface area (Å²) in [5.41, 5.74) is 2.08. The lowest BCUT2D eigenvalue weighted by atomic mass is 10.1. The molecule has 0 aliphatic carbocycles. The molecule has 1 atom stereocenters. The summed E-state index contributed by atoms with van der Waals surface area (Å²) in [6.45, 7) is 4.45. The molecule has 0 bridgehead atoms. The lowest BCUT2D eigenvalue weighted by molar-refractivity contribution is -0.136. The smallest absolute Gasteiger partial charge is 0.243 e. The van der Waals surface area contributed by atoms with E-state index in [0.29, 0.717) is 17.0 Å². The number of amides is 2. The van der Waals surface area contributed by atoms with Gasteiger partial charge in [-0.2, -0.15) is 4.31 Å². The van der Waals surface area contributed by atoms with Crippen LogP contribution in [0.2, 0.25) is 0 Å². The van der Waals surface area contributed by atoms with Crippen molar-refractivity contribution < 1.29 is 27.5 Å². The summed E-state index contributed by atoms with van der Waals surface area (Å²) < 4.78 is 32.8. The number of ether oxygens (including phenoxy) is 1. The van der Waals surface area contributed by atoms with E-state index in [9.17, 15) is 22.8 Å². The molecule has 2 amide bonds. The Balaban J connectivity index is 1.40. The number of ketones is 1. The summed E-state index contributed by atoms with van der Waals surface area (Å²) in [6, 6.07) is 11.4. The number of benzene rings is 2. The number of carbonyl (C=O) groups is 3. The summed E-state index contributed by atoms with van der Waals surface area (Å²) in [4.78, 5) is 40.7. The van der Waals surface area contributed by atoms with Crippen LogP contribution in [-0.4, -0.2) is 75.1 Å². The van der Waals surface area contributed by atoms with Crippen LogP contribution in [0.15, 0.2) is 47.4 Å². The number of anilines is 1. The van der Waals surface area contributed by atoms with E-state index >= 15 is 0 Å². The molecular weight excluding hydrogens is 470 g/mol. The minimum atomic E-state index is -3.73. The zero-order valence-corrected chi connectivity index (χ0v) is 20.9. The van der Waals surface area contributed by atoms with Gasteiger partial charge in [-0.05, 0) is 43.7 Å². The van der Waals surface area contributed by atoms with Gasteiger partial charge in [0.15, 0.2) is 5.78 Å². The fourth-order valence-electron chi connectivity index (χ4n) is 4.53. The molecule has 35 heavy (non-hydrogen) atoms. The topological polar surface area (TPSA) is 104 Å². The Labute approximate surface area is 205 Å². The number of sulfonamides is 1. The highest BCUT2D eigenvalue weighted by Gasteiger charge is 2.39. The molecule has 2 aliphatic heterocycles. The van der Waals surface area contributed by atoms with Crippen molar-refractivity contribution in [3.05, 3.63) is 53.6 Å². The van der Waals surface area contributed by atoms with E-state index in [1.165, 1.54) is 35.5 Å². The molecule has 0 N–H and O–H groups in total. The second kappa shape index (κ2) is 9.79. The third-order valence-corrected chi connectivity index (χ3v) is 8.46. The van der Waals surface area contributed by atoms with Crippen LogP contribution in [0.5, 0.6) is 5.75 Å². The van der Waals surface area contributed by atoms with Crippen LogP contribution in [0.4, 0.5) is 5.69 Å². The maximum atomic E-state index is 13.2. The molecule has 2 heterocycles. The lowest BCUT2D eigenvalue weighted by Crippen LogP contribution is -2.52. The van der Waals surface area contributed by atoms with Crippen molar-refractivity contribution in [2.75, 3.05) is 44.7 Å². The highest BCUT2D eigenvalue weighted by atomic mass is 32.2. The second-order valence-corrected chi connectivity index (χ2v) is 10.8. The minimum Gasteiger partial charge on any atom is -0.495 e. The van der Waals surface area contributed by atoms with Gasteiger partial charge in [0.1, 0.15) is 5.75 Å². The van der Waals surface area contributed by atoms with Crippen molar-refractivity contribution in [3.63, 3.8) is 0 Å². The number of hydrogen-bond donors (Lipinski definition) is 0. The molecule has 0 aromatic heterocycles. The zero-order valence-electron chi connectivity index (χ0n) is 20.1. The van der Waals surface area contributed by atoms with Gasteiger partial charge < -0.3 is 14.5 Å². The summed E-state index contributed by atoms with van der Waals surface area (Å²) in [6.07, 6.45) is 0.108. The van der Waals surface area contributed by atoms with Gasteiger partial charge >= 0.3 is 0 Å². The molecule has 4 rings (SSSR count). The molecule has 0 saturated carbocycles. The molecule has 1 unspecified atom stereocenters. The fourth-order valence-corrected chi connectivity index (χ4v) is 5.96. The van der Waals surface area contributed by atoms with Gasteiger partial charge in [-0.1, -0.05) is 18.2 Å². The predicted molar refractivity (Wildman–Crippen MR) is 130 cm³/mol. The van der Waals surface area contributed by atoms with Crippen molar-refractivity contribution in [2.45, 2.75) is 25.2 Å². The molecular formula is C25H29N3O6S. The Bertz CT molecular complexity index is 1250. The van der Waals surface area contributed by atoms with Crippen molar-refractivity contribution in [3.8, 4) is 5.75 Å². The van der Waals surface area contributed by atoms with E-state index in [1.807, 2.05) is 19.1 Å². The van der Waals surface area contributed by atoms with Crippen molar-refractivity contribution in [2.24, 2.45) is 5.92 Å². The minimum absolute atomic E-state index is 0.108. The van der Waals surface area contributed by atoms with E-state index in [4.69, 9.17) is 4.74 Å². The first-order chi connectivity index (χ1) is 16.6. The summed E-state index contributed by atoms with van der Waals surface area (Å²) in [5.74, 6) is -0.328. The molecule has 2 saturated heterocycles. The van der Waals surface area contributed by atoms with Gasteiger partial charge in [-0.15, -0.1) is 0 Å². The van der Waals surface area contributed by atoms with Crippen LogP contribution < -0.4 is 9.64 Å². The highest BCUT2D eigenvalue weighted by molar-refractivity contribution is 7.89. The highest BCUT2D eigenvalue weighted by Crippen LogP contribution is 2.34. The lowest BCUT2D eigenvalue weighted by Gasteiger charge is -2.35. The molecule has 2 aromatic rings. The summed E-state index contributed by atoms with van der Waals surface area (Å²) >= 11 is 0. The quantitative estimate of drug-likeness (QED) is 0.564. The molecule has 2 aromatic carbocycles. The van der Waals surface area contributed by atoms with Crippen LogP contribution in [0, 0.1) is 12.8 Å². The maximum Gasteiger partial charge on any atom is 0.243 e. The number of Topliss-reactive ketones (excluding diaryl/α,β-unsaturated/α-hetero) is 1. The third-order valence-electron chi connectivity index (χ3n) is 6.55. The molecule has 0 spiro atoms. The molecule has 2 fully saturated rings. The zero-order chi connectivity index (χ0) is 25.3. The average molecular weight is 500 g/mol. The van der Waals surface area contributed by atoms with E-state index in [0.717, 1.165) is 5.56 Å². The largest absolute Gasteiger partial charge is 0.495 e. The Morgan fingerprint density at radius 1 is 1.00 bits per heavy atom. The number of methoxy groups -OCH3 is 1. The molecule has 9 nitrogen and oxygen atoms in total. The van der Waals surface area contributed by atoms with Gasteiger partial charge in [-0.25, -0.2) is 8.42 Å². The van der Waals surface area contributed by atoms with Crippen LogP contribution in [0.1, 0.15) is 29.3 Å². The van der Waals surface area contributed by atoms with Crippen molar-refractivity contribution >= 4 is 33.3 Å². The van der Waals surface area contributed by atoms with Crippen LogP contribution in [0.3, 0.4) is 0 Å². The van der Waals surface area contributed by atoms with Crippen molar-refractivity contribution in [1.29, 1.82) is 0 Å². The predicted octanol–water partition coefficient (Wildman–Crippen LogP) is 2.09. The number of aryl methyl sites for hydroxylation is 1. The van der Waals surface area contributed by atoms with E-state index in [2.05, 4.69) is 0 Å². The van der Waals surface area contributed by atoms with E-state index < -0.39 is 15.9 Å². The monoisotopic (exact) mass is 499 g/mol. The normalized spacial score (nSPS) is 19.2. The Hall–Kier alpha value is -3.24. The molecule has 10 heteroatoms. The number of rotatable bonds is 6. The van der Waals surface area contributed by atoms with Gasteiger partial charge in [0.05, 0.1) is 23.6 Å². The van der Waals surface area contributed by atoms with E-state index in [-0.39, 0.29) is 61.6 Å². The fraction of sp³-hybridized carbons (Fsp3) is 0.400. The van der Waals surface area contributed by atoms with Crippen LogP contribution in [-0.2, 0) is 19.6 Å². The SMILES string of the molecule is COc1ccc(C)cc1N1CC(C(=O)N2CCN(S(=O)(=O)c3ccc(C(C)=O)cc3)CC2)CC1=O. The van der Waals surface area contributed by atoms with Gasteiger partial charge in [0, 0.05) is 44.7 Å². The van der Waals surface area contributed by atoms with Gasteiger partial charge in [0.25, 0.3) is 0 Å². The Kier molecular flexibility index (Phi) is 6.95. The van der Waals surface area contributed by atoms with Crippen molar-refractivity contribution in [1.82, 2.24) is 9.21 Å². The van der Waals surface area contributed by atoms with Crippen LogP contribution in [0.25, 0.3) is 0 Å². The maximum absolute atomic E-state index is 13.2. The molecule has 0 radical (unpaired) electrons.